The van der Waals surface area contributed by atoms with E-state index in [2.05, 4.69) is 0 Å². The molecule has 8 nitrogen and oxygen atoms in total. The fourth-order valence-corrected chi connectivity index (χ4v) is 8.18. The van der Waals surface area contributed by atoms with Gasteiger partial charge < -0.3 is 5.11 Å². The van der Waals surface area contributed by atoms with E-state index < -0.39 is 35.0 Å². The van der Waals surface area contributed by atoms with Gasteiger partial charge in [-0.05, 0) is 93.1 Å². The molecule has 4 amide bonds. The second kappa shape index (κ2) is 9.84. The Balaban J connectivity index is 1.34. The molecule has 3 aromatic carbocycles. The van der Waals surface area contributed by atoms with Gasteiger partial charge in [0.1, 0.15) is 5.75 Å². The van der Waals surface area contributed by atoms with Crippen molar-refractivity contribution in [2.45, 2.75) is 39.5 Å². The number of hydrogen-bond acceptors (Lipinski definition) is 6. The van der Waals surface area contributed by atoms with Gasteiger partial charge in [-0.3, -0.25) is 28.9 Å². The number of allylic oxidation sites excluding steroid dienone is 2. The average molecular weight is 589 g/mol. The highest BCUT2D eigenvalue weighted by atomic mass is 16.3. The van der Waals surface area contributed by atoms with E-state index >= 15 is 0 Å². The molecule has 2 aliphatic heterocycles. The zero-order valence-electron chi connectivity index (χ0n) is 24.7. The quantitative estimate of drug-likeness (QED) is 0.250. The molecule has 0 radical (unpaired) electrons. The van der Waals surface area contributed by atoms with Crippen LogP contribution in [0, 0.1) is 36.0 Å². The smallest absolute Gasteiger partial charge is 0.241 e. The van der Waals surface area contributed by atoms with Crippen molar-refractivity contribution < 1.29 is 29.1 Å². The van der Waals surface area contributed by atoms with E-state index in [1.54, 1.807) is 67.6 Å². The fourth-order valence-electron chi connectivity index (χ4n) is 8.18. The Kier molecular flexibility index (Phi) is 6.25. The normalized spacial score (nSPS) is 29.3. The molecule has 3 fully saturated rings. The van der Waals surface area contributed by atoms with Gasteiger partial charge in [-0.15, -0.1) is 0 Å². The molecule has 2 saturated heterocycles. The summed E-state index contributed by atoms with van der Waals surface area (Å²) in [6.07, 6.45) is 2.61. The Morgan fingerprint density at radius 3 is 2.18 bits per heavy atom. The largest absolute Gasteiger partial charge is 0.508 e. The Labute approximate surface area is 255 Å². The Morgan fingerprint density at radius 2 is 1.52 bits per heavy atom. The first kappa shape index (κ1) is 28.0. The SMILES string of the molecule is CC(=O)c1ccc(N2C(=O)C3CC=C4C(CC5C(=O)N(c6ccccc6)C(=O)C5(C)C4c4ccc(O)c(C)c4)C3C2=O)cc1. The van der Waals surface area contributed by atoms with Crippen LogP contribution in [-0.4, -0.2) is 34.5 Å². The number of rotatable bonds is 4. The van der Waals surface area contributed by atoms with Crippen molar-refractivity contribution in [3.63, 3.8) is 0 Å². The summed E-state index contributed by atoms with van der Waals surface area (Å²) in [7, 11) is 0. The van der Waals surface area contributed by atoms with Crippen LogP contribution in [0.1, 0.15) is 54.1 Å². The lowest BCUT2D eigenvalue weighted by molar-refractivity contribution is -0.131. The summed E-state index contributed by atoms with van der Waals surface area (Å²) in [5.74, 6) is -4.18. The summed E-state index contributed by atoms with van der Waals surface area (Å²) in [5, 5.41) is 10.3. The molecule has 44 heavy (non-hydrogen) atoms. The minimum atomic E-state index is -1.14. The summed E-state index contributed by atoms with van der Waals surface area (Å²) in [6.45, 7) is 5.09. The summed E-state index contributed by atoms with van der Waals surface area (Å²) in [5.41, 5.74) is 2.57. The van der Waals surface area contributed by atoms with Gasteiger partial charge in [0.2, 0.25) is 23.6 Å². The lowest BCUT2D eigenvalue weighted by atomic mass is 9.51. The molecule has 7 rings (SSSR count). The Morgan fingerprint density at radius 1 is 0.841 bits per heavy atom. The highest BCUT2D eigenvalue weighted by Gasteiger charge is 2.67. The number of aromatic hydroxyl groups is 1. The van der Waals surface area contributed by atoms with Gasteiger partial charge in [0, 0.05) is 11.5 Å². The van der Waals surface area contributed by atoms with Crippen molar-refractivity contribution in [2.24, 2.45) is 29.1 Å². The van der Waals surface area contributed by atoms with Crippen LogP contribution in [0.25, 0.3) is 0 Å². The molecular weight excluding hydrogens is 556 g/mol. The lowest BCUT2D eigenvalue weighted by Crippen LogP contribution is -2.48. The minimum Gasteiger partial charge on any atom is -0.508 e. The van der Waals surface area contributed by atoms with Crippen molar-refractivity contribution >= 4 is 40.8 Å². The van der Waals surface area contributed by atoms with Gasteiger partial charge in [0.25, 0.3) is 0 Å². The number of aryl methyl sites for hydroxylation is 1. The number of benzene rings is 3. The van der Waals surface area contributed by atoms with Crippen LogP contribution < -0.4 is 9.80 Å². The maximum atomic E-state index is 14.4. The number of fused-ring (bicyclic) bond motifs is 4. The number of para-hydroxylation sites is 1. The van der Waals surface area contributed by atoms with Gasteiger partial charge in [0.05, 0.1) is 34.5 Å². The van der Waals surface area contributed by atoms with E-state index in [1.165, 1.54) is 16.7 Å². The zero-order valence-corrected chi connectivity index (χ0v) is 24.7. The first-order valence-electron chi connectivity index (χ1n) is 15.0. The Bertz CT molecular complexity index is 1790. The second-order valence-electron chi connectivity index (χ2n) is 12.7. The number of hydrogen-bond donors (Lipinski definition) is 1. The van der Waals surface area contributed by atoms with E-state index in [0.29, 0.717) is 28.9 Å². The van der Waals surface area contributed by atoms with Gasteiger partial charge >= 0.3 is 0 Å². The molecule has 1 N–H and O–H groups in total. The van der Waals surface area contributed by atoms with Crippen LogP contribution in [0.2, 0.25) is 0 Å². The number of amides is 4. The number of phenols is 1. The van der Waals surface area contributed by atoms with E-state index in [0.717, 1.165) is 11.1 Å². The molecule has 6 atom stereocenters. The fraction of sp³-hybridized carbons (Fsp3) is 0.306. The number of phenolic OH excluding ortho intramolecular Hbond substituents is 1. The molecular formula is C36H32N2O6. The highest BCUT2D eigenvalue weighted by Crippen LogP contribution is 2.63. The maximum absolute atomic E-state index is 14.4. The molecule has 1 saturated carbocycles. The van der Waals surface area contributed by atoms with Crippen LogP contribution in [0.3, 0.4) is 0 Å². The summed E-state index contributed by atoms with van der Waals surface area (Å²) >= 11 is 0. The number of carbonyl (C=O) groups excluding carboxylic acids is 5. The lowest BCUT2D eigenvalue weighted by Gasteiger charge is -2.49. The van der Waals surface area contributed by atoms with Crippen LogP contribution >= 0.6 is 0 Å². The van der Waals surface area contributed by atoms with Gasteiger partial charge in [-0.2, -0.15) is 0 Å². The van der Waals surface area contributed by atoms with Crippen molar-refractivity contribution in [1.82, 2.24) is 0 Å². The van der Waals surface area contributed by atoms with Gasteiger partial charge in [0.15, 0.2) is 5.78 Å². The number of imide groups is 2. The number of anilines is 2. The monoisotopic (exact) mass is 588 g/mol. The predicted molar refractivity (Wildman–Crippen MR) is 163 cm³/mol. The summed E-state index contributed by atoms with van der Waals surface area (Å²) in [4.78, 5) is 70.9. The molecule has 222 valence electrons. The topological polar surface area (TPSA) is 112 Å². The van der Waals surface area contributed by atoms with Crippen molar-refractivity contribution in [1.29, 1.82) is 0 Å². The molecule has 0 spiro atoms. The van der Waals surface area contributed by atoms with Crippen molar-refractivity contribution in [2.75, 3.05) is 9.80 Å². The van der Waals surface area contributed by atoms with Gasteiger partial charge in [-0.1, -0.05) is 42.0 Å². The van der Waals surface area contributed by atoms with Crippen molar-refractivity contribution in [3.8, 4) is 5.75 Å². The first-order valence-corrected chi connectivity index (χ1v) is 15.0. The number of Topliss-reactive ketones (excluding diaryl/α,β-unsaturated/α-hetero) is 1. The highest BCUT2D eigenvalue weighted by molar-refractivity contribution is 6.25. The number of nitrogens with zero attached hydrogens (tertiary/aromatic N) is 2. The van der Waals surface area contributed by atoms with Crippen LogP contribution in [0.15, 0.2) is 84.4 Å². The third-order valence-corrected chi connectivity index (χ3v) is 10.4. The maximum Gasteiger partial charge on any atom is 0.241 e. The molecule has 0 aromatic heterocycles. The minimum absolute atomic E-state index is 0.112. The van der Waals surface area contributed by atoms with Crippen LogP contribution in [0.4, 0.5) is 11.4 Å². The van der Waals surface area contributed by atoms with Gasteiger partial charge in [-0.25, -0.2) is 4.90 Å². The average Bonchev–Trinajstić information content (AvgIpc) is 3.38. The molecule has 4 aliphatic rings. The van der Waals surface area contributed by atoms with E-state index in [4.69, 9.17) is 0 Å². The molecule has 6 unspecified atom stereocenters. The van der Waals surface area contributed by atoms with Crippen LogP contribution in [0.5, 0.6) is 5.75 Å². The Hall–Kier alpha value is -4.85. The second-order valence-corrected chi connectivity index (χ2v) is 12.7. The predicted octanol–water partition coefficient (Wildman–Crippen LogP) is 5.34. The zero-order chi connectivity index (χ0) is 31.1. The van der Waals surface area contributed by atoms with E-state index in [9.17, 15) is 29.1 Å². The molecule has 8 heteroatoms. The van der Waals surface area contributed by atoms with E-state index in [-0.39, 0.29) is 41.6 Å². The first-order chi connectivity index (χ1) is 21.0. The van der Waals surface area contributed by atoms with Crippen molar-refractivity contribution in [3.05, 3.63) is 101 Å². The standard InChI is InChI=1S/C36H32N2O6/c1-19-17-22(11-16-29(19)40)31-25-14-15-26-30(34(43)37(32(26)41)24-12-9-21(10-13-24)20(2)39)27(25)18-28-33(42)38(35(44)36(28,31)3)23-7-5-4-6-8-23/h4-14,16-17,26-28,30-31,40H,15,18H2,1-3H3. The third-order valence-electron chi connectivity index (χ3n) is 10.4. The van der Waals surface area contributed by atoms with Crippen LogP contribution in [-0.2, 0) is 19.2 Å². The molecule has 2 aliphatic carbocycles. The number of ketones is 1. The van der Waals surface area contributed by atoms with E-state index in [1.807, 2.05) is 25.1 Å². The molecule has 0 bridgehead atoms. The molecule has 2 heterocycles. The molecule has 3 aromatic rings. The summed E-state index contributed by atoms with van der Waals surface area (Å²) < 4.78 is 0. The third kappa shape index (κ3) is 3.79. The summed E-state index contributed by atoms with van der Waals surface area (Å²) in [6, 6.07) is 20.6. The number of carbonyl (C=O) groups is 5.